The van der Waals surface area contributed by atoms with Gasteiger partial charge in [0.25, 0.3) is 0 Å². The van der Waals surface area contributed by atoms with E-state index in [2.05, 4.69) is 4.99 Å². The van der Waals surface area contributed by atoms with Crippen molar-refractivity contribution >= 4 is 34.8 Å². The second kappa shape index (κ2) is 8.92. The van der Waals surface area contributed by atoms with Gasteiger partial charge in [-0.05, 0) is 18.4 Å². The van der Waals surface area contributed by atoms with Crippen LogP contribution in [-0.2, 0) is 14.3 Å². The van der Waals surface area contributed by atoms with E-state index in [-0.39, 0.29) is 40.2 Å². The number of rotatable bonds is 4. The summed E-state index contributed by atoms with van der Waals surface area (Å²) in [6.07, 6.45) is 0.574. The molecule has 0 N–H and O–H groups in total. The van der Waals surface area contributed by atoms with Crippen molar-refractivity contribution in [3.05, 3.63) is 52.5 Å². The molecule has 0 bridgehead atoms. The van der Waals surface area contributed by atoms with Crippen LogP contribution in [0.1, 0.15) is 41.6 Å². The zero-order valence-electron chi connectivity index (χ0n) is 20.4. The maximum absolute atomic E-state index is 14.4. The molecule has 5 unspecified atom stereocenters. The molecule has 2 aromatic carbocycles. The minimum absolute atomic E-state index is 0.0814. The number of nitrogens with zero attached hydrogens (tertiary/aromatic N) is 1. The Morgan fingerprint density at radius 3 is 2.44 bits per heavy atom. The highest BCUT2D eigenvalue weighted by molar-refractivity contribution is 6.36. The number of Topliss-reactive ketones (excluding diaryl/α,β-unsaturated/α-hetero) is 2. The van der Waals surface area contributed by atoms with Crippen LogP contribution in [-0.4, -0.2) is 56.2 Å². The number of aliphatic imine (C=N–C) groups is 1. The third-order valence-electron chi connectivity index (χ3n) is 7.54. The summed E-state index contributed by atoms with van der Waals surface area (Å²) in [4.78, 5) is 45.5. The molecule has 0 radical (unpaired) electrons. The van der Waals surface area contributed by atoms with E-state index in [1.165, 1.54) is 27.4 Å². The highest BCUT2D eigenvalue weighted by Crippen LogP contribution is 2.55. The number of methoxy groups -OCH3 is 3. The molecule has 1 fully saturated rings. The van der Waals surface area contributed by atoms with Gasteiger partial charge in [0.1, 0.15) is 28.1 Å². The molecule has 2 aliphatic heterocycles. The van der Waals surface area contributed by atoms with E-state index in [0.717, 1.165) is 5.56 Å². The maximum atomic E-state index is 14.4. The number of carbonyl (C=O) groups is 3. The van der Waals surface area contributed by atoms with Crippen LogP contribution < -0.4 is 14.2 Å². The third kappa shape index (κ3) is 3.34. The van der Waals surface area contributed by atoms with Gasteiger partial charge in [-0.25, -0.2) is 4.79 Å². The van der Waals surface area contributed by atoms with Crippen LogP contribution in [0.4, 0.5) is 0 Å². The van der Waals surface area contributed by atoms with Crippen molar-refractivity contribution in [2.45, 2.75) is 37.3 Å². The summed E-state index contributed by atoms with van der Waals surface area (Å²) in [5.74, 6) is -2.45. The fourth-order valence-electron chi connectivity index (χ4n) is 5.79. The van der Waals surface area contributed by atoms with Gasteiger partial charge in [-0.3, -0.25) is 14.6 Å². The number of halogens is 1. The average Bonchev–Trinajstić information content (AvgIpc) is 3.21. The van der Waals surface area contributed by atoms with Gasteiger partial charge in [0.15, 0.2) is 11.5 Å². The lowest BCUT2D eigenvalue weighted by Crippen LogP contribution is -2.62. The monoisotopic (exact) mass is 511 g/mol. The van der Waals surface area contributed by atoms with Crippen molar-refractivity contribution in [1.82, 2.24) is 0 Å². The van der Waals surface area contributed by atoms with E-state index >= 15 is 0 Å². The van der Waals surface area contributed by atoms with Gasteiger partial charge in [0, 0.05) is 23.6 Å². The van der Waals surface area contributed by atoms with Gasteiger partial charge >= 0.3 is 5.97 Å². The number of esters is 1. The Morgan fingerprint density at radius 1 is 1.11 bits per heavy atom. The van der Waals surface area contributed by atoms with Gasteiger partial charge in [-0.2, -0.15) is 0 Å². The molecule has 188 valence electrons. The Bertz CT molecular complexity index is 1290. The predicted octanol–water partition coefficient (Wildman–Crippen LogP) is 4.07. The van der Waals surface area contributed by atoms with E-state index in [9.17, 15) is 14.4 Å². The number of ether oxygens (including phenoxy) is 4. The first-order valence-electron chi connectivity index (χ1n) is 11.7. The number of hydrogen-bond donors (Lipinski definition) is 0. The highest BCUT2D eigenvalue weighted by atomic mass is 35.5. The van der Waals surface area contributed by atoms with Crippen LogP contribution in [0, 0.1) is 11.8 Å². The summed E-state index contributed by atoms with van der Waals surface area (Å²) in [5.41, 5.74) is -0.206. The first kappa shape index (κ1) is 24.3. The molecule has 0 saturated heterocycles. The van der Waals surface area contributed by atoms with E-state index in [4.69, 9.17) is 30.5 Å². The third-order valence-corrected chi connectivity index (χ3v) is 7.90. The van der Waals surface area contributed by atoms with Crippen molar-refractivity contribution in [2.75, 3.05) is 21.3 Å². The van der Waals surface area contributed by atoms with Gasteiger partial charge in [0.05, 0.1) is 27.2 Å². The van der Waals surface area contributed by atoms with Gasteiger partial charge in [-0.1, -0.05) is 48.9 Å². The molecule has 5 atom stereocenters. The average molecular weight is 512 g/mol. The SMILES string of the molecule is COC(=O)C1CC(c2ccccc2)C2C(=O)C3(Oc4c(Cl)c(OC)cc(OC)c4C3=O)C(C)CC2=N1. The van der Waals surface area contributed by atoms with Crippen LogP contribution in [0.2, 0.25) is 5.02 Å². The normalized spacial score (nSPS) is 28.6. The Labute approximate surface area is 213 Å². The summed E-state index contributed by atoms with van der Waals surface area (Å²) in [5, 5.41) is 0.104. The Kier molecular flexibility index (Phi) is 6.03. The summed E-state index contributed by atoms with van der Waals surface area (Å²) < 4.78 is 22.0. The lowest BCUT2D eigenvalue weighted by Gasteiger charge is -2.45. The molecule has 5 rings (SSSR count). The summed E-state index contributed by atoms with van der Waals surface area (Å²) in [6.45, 7) is 1.78. The number of carbonyl (C=O) groups excluding carboxylic acids is 3. The number of hydrogen-bond acceptors (Lipinski definition) is 8. The fourth-order valence-corrected chi connectivity index (χ4v) is 6.05. The minimum Gasteiger partial charge on any atom is -0.496 e. The van der Waals surface area contributed by atoms with Crippen molar-refractivity contribution in [2.24, 2.45) is 16.8 Å². The minimum atomic E-state index is -1.79. The zero-order chi connectivity index (χ0) is 25.8. The first-order chi connectivity index (χ1) is 17.3. The fraction of sp³-hybridized carbons (Fsp3) is 0.407. The lowest BCUT2D eigenvalue weighted by molar-refractivity contribution is -0.144. The second-order valence-corrected chi connectivity index (χ2v) is 9.70. The van der Waals surface area contributed by atoms with Gasteiger partial charge in [0.2, 0.25) is 11.4 Å². The standard InChI is InChI=1S/C27H26ClNO7/c1-13-10-16-20(15(14-8-6-5-7-9-14)11-17(29-16)26(32)35-4)24(30)27(13)25(31)21-18(33-2)12-19(34-3)22(28)23(21)36-27/h5-9,12-13,15,17,20H,10-11H2,1-4H3. The maximum Gasteiger partial charge on any atom is 0.330 e. The molecule has 36 heavy (non-hydrogen) atoms. The Morgan fingerprint density at radius 2 is 1.81 bits per heavy atom. The first-order valence-corrected chi connectivity index (χ1v) is 12.1. The molecule has 0 aromatic heterocycles. The molecule has 3 aliphatic rings. The predicted molar refractivity (Wildman–Crippen MR) is 132 cm³/mol. The topological polar surface area (TPSA) is 100 Å². The van der Waals surface area contributed by atoms with E-state index in [0.29, 0.717) is 12.1 Å². The highest BCUT2D eigenvalue weighted by Gasteiger charge is 2.65. The Balaban J connectivity index is 1.65. The zero-order valence-corrected chi connectivity index (χ0v) is 21.1. The largest absolute Gasteiger partial charge is 0.496 e. The van der Waals surface area contributed by atoms with Crippen molar-refractivity contribution in [1.29, 1.82) is 0 Å². The van der Waals surface area contributed by atoms with E-state index in [1.54, 1.807) is 6.92 Å². The number of fused-ring (bicyclic) bond motifs is 2. The smallest absolute Gasteiger partial charge is 0.330 e. The molecular formula is C27H26ClNO7. The molecule has 1 spiro atoms. The van der Waals surface area contributed by atoms with E-state index in [1.807, 2.05) is 30.3 Å². The van der Waals surface area contributed by atoms with Crippen LogP contribution in [0.3, 0.4) is 0 Å². The Hall–Kier alpha value is -3.39. The summed E-state index contributed by atoms with van der Waals surface area (Å²) >= 11 is 6.53. The van der Waals surface area contributed by atoms with Crippen LogP contribution in [0.15, 0.2) is 41.4 Å². The molecule has 2 heterocycles. The van der Waals surface area contributed by atoms with E-state index < -0.39 is 41.0 Å². The van der Waals surface area contributed by atoms with Crippen molar-refractivity contribution < 1.29 is 33.3 Å². The van der Waals surface area contributed by atoms with Crippen LogP contribution in [0.5, 0.6) is 17.2 Å². The van der Waals surface area contributed by atoms with Crippen molar-refractivity contribution in [3.63, 3.8) is 0 Å². The van der Waals surface area contributed by atoms with Gasteiger partial charge < -0.3 is 18.9 Å². The molecule has 1 aliphatic carbocycles. The van der Waals surface area contributed by atoms with Crippen molar-refractivity contribution in [3.8, 4) is 17.2 Å². The molecule has 1 saturated carbocycles. The summed E-state index contributed by atoms with van der Waals surface area (Å²) in [6, 6.07) is 10.3. The molecule has 0 amide bonds. The lowest BCUT2D eigenvalue weighted by atomic mass is 9.61. The molecule has 8 nitrogen and oxygen atoms in total. The molecule has 2 aromatic rings. The molecule has 9 heteroatoms. The number of benzene rings is 2. The van der Waals surface area contributed by atoms with Crippen LogP contribution >= 0.6 is 11.6 Å². The van der Waals surface area contributed by atoms with Gasteiger partial charge in [-0.15, -0.1) is 0 Å². The summed E-state index contributed by atoms with van der Waals surface area (Å²) in [7, 11) is 4.20. The van der Waals surface area contributed by atoms with Crippen LogP contribution in [0.25, 0.3) is 0 Å². The second-order valence-electron chi connectivity index (χ2n) is 9.33. The molecular weight excluding hydrogens is 486 g/mol. The number of ketones is 2. The quantitative estimate of drug-likeness (QED) is 0.450.